The third-order valence-corrected chi connectivity index (χ3v) is 4.47. The molecule has 0 radical (unpaired) electrons. The summed E-state index contributed by atoms with van der Waals surface area (Å²) in [5.41, 5.74) is -0.964. The molecule has 0 aliphatic rings. The molecule has 124 valence electrons. The normalized spacial score (nSPS) is 12.0. The Morgan fingerprint density at radius 3 is 2.35 bits per heavy atom. The van der Waals surface area contributed by atoms with E-state index in [1.807, 2.05) is 4.72 Å². The molecule has 4 nitrogen and oxygen atoms in total. The smallest absolute Gasteiger partial charge is 0.418 e. The van der Waals surface area contributed by atoms with Crippen molar-refractivity contribution < 1.29 is 26.3 Å². The van der Waals surface area contributed by atoms with Crippen LogP contribution in [0.25, 0.3) is 0 Å². The highest BCUT2D eigenvalue weighted by molar-refractivity contribution is 7.92. The fourth-order valence-corrected chi connectivity index (χ4v) is 3.35. The molecule has 2 aromatic carbocycles. The number of halogens is 3. The lowest BCUT2D eigenvalue weighted by Crippen LogP contribution is -2.18. The zero-order valence-electron chi connectivity index (χ0n) is 12.3. The Morgan fingerprint density at radius 1 is 1.09 bits per heavy atom. The molecule has 0 atom stereocenters. The number of hydrogen-bond acceptors (Lipinski definition) is 3. The number of aryl methyl sites for hydroxylation is 1. The monoisotopic (exact) mass is 345 g/mol. The van der Waals surface area contributed by atoms with Crippen molar-refractivity contribution in [3.8, 4) is 5.75 Å². The second-order valence-corrected chi connectivity index (χ2v) is 6.45. The van der Waals surface area contributed by atoms with Crippen LogP contribution in [-0.4, -0.2) is 15.5 Å². The first-order valence-corrected chi connectivity index (χ1v) is 7.97. The molecule has 0 aliphatic carbocycles. The molecule has 0 saturated heterocycles. The van der Waals surface area contributed by atoms with Gasteiger partial charge in [0.25, 0.3) is 10.0 Å². The number of para-hydroxylation sites is 1. The summed E-state index contributed by atoms with van der Waals surface area (Å²) in [6, 6.07) is 8.79. The van der Waals surface area contributed by atoms with E-state index >= 15 is 0 Å². The van der Waals surface area contributed by atoms with E-state index in [0.717, 1.165) is 12.1 Å². The van der Waals surface area contributed by atoms with Gasteiger partial charge in [0.2, 0.25) is 0 Å². The summed E-state index contributed by atoms with van der Waals surface area (Å²) in [5, 5.41) is 0. The maximum Gasteiger partial charge on any atom is 0.418 e. The number of methoxy groups -OCH3 is 1. The summed E-state index contributed by atoms with van der Waals surface area (Å²) in [6.45, 7) is 1.67. The highest BCUT2D eigenvalue weighted by Gasteiger charge is 2.34. The molecule has 0 spiro atoms. The fraction of sp³-hybridized carbons (Fsp3) is 0.200. The van der Waals surface area contributed by atoms with Gasteiger partial charge in [-0.25, -0.2) is 8.42 Å². The number of hydrogen-bond donors (Lipinski definition) is 1. The molecular weight excluding hydrogens is 331 g/mol. The summed E-state index contributed by atoms with van der Waals surface area (Å²) >= 11 is 0. The van der Waals surface area contributed by atoms with Crippen molar-refractivity contribution in [2.24, 2.45) is 0 Å². The third kappa shape index (κ3) is 3.76. The second kappa shape index (κ2) is 6.11. The van der Waals surface area contributed by atoms with Gasteiger partial charge in [-0.05, 0) is 36.8 Å². The van der Waals surface area contributed by atoms with Crippen molar-refractivity contribution >= 4 is 15.7 Å². The van der Waals surface area contributed by atoms with Crippen LogP contribution in [0.3, 0.4) is 0 Å². The first kappa shape index (κ1) is 17.1. The number of rotatable bonds is 4. The fourth-order valence-electron chi connectivity index (χ4n) is 2.01. The van der Waals surface area contributed by atoms with E-state index in [2.05, 4.69) is 0 Å². The van der Waals surface area contributed by atoms with Gasteiger partial charge in [0.15, 0.2) is 0 Å². The van der Waals surface area contributed by atoms with Crippen molar-refractivity contribution in [3.05, 3.63) is 53.6 Å². The molecule has 8 heteroatoms. The maximum atomic E-state index is 13.0. The second-order valence-electron chi connectivity index (χ2n) is 4.80. The standard InChI is InChI=1S/C15H14F3NO3S/c1-10-7-8-13(22-2)14(9-10)23(20,21)19-12-6-4-3-5-11(12)15(16,17)18/h3-9,19H,1-2H3. The number of ether oxygens (including phenoxy) is 1. The van der Waals surface area contributed by atoms with Crippen LogP contribution < -0.4 is 9.46 Å². The predicted octanol–water partition coefficient (Wildman–Crippen LogP) is 3.82. The number of nitrogens with one attached hydrogen (secondary N) is 1. The summed E-state index contributed by atoms with van der Waals surface area (Å²) in [6.07, 6.45) is -4.67. The zero-order chi connectivity index (χ0) is 17.3. The topological polar surface area (TPSA) is 55.4 Å². The summed E-state index contributed by atoms with van der Waals surface area (Å²) in [5.74, 6) is 0.0487. The summed E-state index contributed by atoms with van der Waals surface area (Å²) in [7, 11) is -2.95. The van der Waals surface area contributed by atoms with Crippen LogP contribution in [0.1, 0.15) is 11.1 Å². The van der Waals surface area contributed by atoms with Crippen molar-refractivity contribution in [1.82, 2.24) is 0 Å². The first-order chi connectivity index (χ1) is 10.6. The average molecular weight is 345 g/mol. The van der Waals surface area contributed by atoms with Gasteiger partial charge in [0.05, 0.1) is 18.4 Å². The minimum atomic E-state index is -4.67. The van der Waals surface area contributed by atoms with Crippen LogP contribution in [0.2, 0.25) is 0 Å². The highest BCUT2D eigenvalue weighted by Crippen LogP contribution is 2.36. The SMILES string of the molecule is COc1ccc(C)cc1S(=O)(=O)Nc1ccccc1C(F)(F)F. The molecule has 0 saturated carbocycles. The Bertz CT molecular complexity index is 817. The van der Waals surface area contributed by atoms with Crippen LogP contribution in [0.5, 0.6) is 5.75 Å². The van der Waals surface area contributed by atoms with Crippen LogP contribution in [0.15, 0.2) is 47.4 Å². The third-order valence-electron chi connectivity index (χ3n) is 3.09. The van der Waals surface area contributed by atoms with Crippen molar-refractivity contribution in [3.63, 3.8) is 0 Å². The van der Waals surface area contributed by atoms with E-state index < -0.39 is 27.5 Å². The van der Waals surface area contributed by atoms with Gasteiger partial charge in [0.1, 0.15) is 10.6 Å². The van der Waals surface area contributed by atoms with E-state index in [-0.39, 0.29) is 10.6 Å². The van der Waals surface area contributed by atoms with Crippen LogP contribution in [0.4, 0.5) is 18.9 Å². The molecule has 0 bridgehead atoms. The summed E-state index contributed by atoms with van der Waals surface area (Å²) in [4.78, 5) is -0.225. The minimum Gasteiger partial charge on any atom is -0.495 e. The van der Waals surface area contributed by atoms with E-state index in [0.29, 0.717) is 5.56 Å². The van der Waals surface area contributed by atoms with Gasteiger partial charge in [-0.15, -0.1) is 0 Å². The maximum absolute atomic E-state index is 13.0. The quantitative estimate of drug-likeness (QED) is 0.916. The molecule has 0 fully saturated rings. The lowest BCUT2D eigenvalue weighted by atomic mass is 10.2. The largest absolute Gasteiger partial charge is 0.495 e. The van der Waals surface area contributed by atoms with Crippen LogP contribution in [-0.2, 0) is 16.2 Å². The average Bonchev–Trinajstić information content (AvgIpc) is 2.46. The van der Waals surface area contributed by atoms with E-state index in [9.17, 15) is 21.6 Å². The minimum absolute atomic E-state index is 0.0487. The number of alkyl halides is 3. The Kier molecular flexibility index (Phi) is 4.56. The molecule has 0 aromatic heterocycles. The van der Waals surface area contributed by atoms with Gasteiger partial charge >= 0.3 is 6.18 Å². The van der Waals surface area contributed by atoms with Crippen LogP contribution >= 0.6 is 0 Å². The van der Waals surface area contributed by atoms with Gasteiger partial charge in [-0.2, -0.15) is 13.2 Å². The highest BCUT2D eigenvalue weighted by atomic mass is 32.2. The Labute approximate surface area is 132 Å². The molecule has 0 heterocycles. The van der Waals surface area contributed by atoms with Crippen molar-refractivity contribution in [1.29, 1.82) is 0 Å². The zero-order valence-corrected chi connectivity index (χ0v) is 13.1. The van der Waals surface area contributed by atoms with Crippen molar-refractivity contribution in [2.45, 2.75) is 18.0 Å². The number of sulfonamides is 1. The summed E-state index contributed by atoms with van der Waals surface area (Å²) < 4.78 is 70.8. The molecule has 2 rings (SSSR count). The molecule has 1 N–H and O–H groups in total. The molecule has 0 unspecified atom stereocenters. The lowest BCUT2D eigenvalue weighted by molar-refractivity contribution is -0.136. The molecular formula is C15H14F3NO3S. The first-order valence-electron chi connectivity index (χ1n) is 6.49. The van der Waals surface area contributed by atoms with E-state index in [1.54, 1.807) is 13.0 Å². The van der Waals surface area contributed by atoms with Gasteiger partial charge < -0.3 is 4.74 Å². The van der Waals surface area contributed by atoms with Crippen molar-refractivity contribution in [2.75, 3.05) is 11.8 Å². The number of anilines is 1. The molecule has 2 aromatic rings. The Balaban J connectivity index is 2.51. The predicted molar refractivity (Wildman–Crippen MR) is 80.0 cm³/mol. The van der Waals surface area contributed by atoms with Crippen LogP contribution in [0, 0.1) is 6.92 Å². The van der Waals surface area contributed by atoms with E-state index in [1.165, 1.54) is 31.4 Å². The lowest BCUT2D eigenvalue weighted by Gasteiger charge is -2.16. The molecule has 23 heavy (non-hydrogen) atoms. The Morgan fingerprint density at radius 2 is 1.74 bits per heavy atom. The Hall–Kier alpha value is -2.22. The molecule has 0 amide bonds. The van der Waals surface area contributed by atoms with Gasteiger partial charge in [-0.1, -0.05) is 18.2 Å². The number of benzene rings is 2. The van der Waals surface area contributed by atoms with E-state index in [4.69, 9.17) is 4.74 Å². The van der Waals surface area contributed by atoms with Gasteiger partial charge in [0, 0.05) is 0 Å². The van der Waals surface area contributed by atoms with Gasteiger partial charge in [-0.3, -0.25) is 4.72 Å². The molecule has 0 aliphatic heterocycles.